The van der Waals surface area contributed by atoms with Gasteiger partial charge in [0.2, 0.25) is 5.91 Å². The van der Waals surface area contributed by atoms with Gasteiger partial charge in [0.05, 0.1) is 20.3 Å². The van der Waals surface area contributed by atoms with Crippen molar-refractivity contribution in [2.45, 2.75) is 6.42 Å². The number of benzene rings is 1. The number of nitrogens with zero attached hydrogens (tertiary/aromatic N) is 1. The summed E-state index contributed by atoms with van der Waals surface area (Å²) < 4.78 is 15.9. The second-order valence-electron chi connectivity index (χ2n) is 5.67. The molecular formula is C16H20N2O5. The van der Waals surface area contributed by atoms with E-state index in [0.29, 0.717) is 26.3 Å². The number of carbonyl (C=O) groups excluding carboxylic acids is 2. The molecule has 1 fully saturated rings. The molecule has 23 heavy (non-hydrogen) atoms. The fraction of sp³-hybridized carbons (Fsp3) is 0.500. The monoisotopic (exact) mass is 320 g/mol. The van der Waals surface area contributed by atoms with Crippen LogP contribution in [0.25, 0.3) is 0 Å². The highest BCUT2D eigenvalue weighted by molar-refractivity contribution is 5.82. The SMILES string of the molecule is COc1cccc2c1OC[C@H](CNC(=O)CN1CCOC1=O)C2. The van der Waals surface area contributed by atoms with Gasteiger partial charge >= 0.3 is 6.09 Å². The number of rotatable bonds is 5. The Morgan fingerprint density at radius 2 is 2.30 bits per heavy atom. The van der Waals surface area contributed by atoms with Crippen molar-refractivity contribution in [1.82, 2.24) is 10.2 Å². The first kappa shape index (κ1) is 15.5. The van der Waals surface area contributed by atoms with Crippen molar-refractivity contribution in [3.63, 3.8) is 0 Å². The van der Waals surface area contributed by atoms with Crippen LogP contribution in [0.1, 0.15) is 5.56 Å². The maximum Gasteiger partial charge on any atom is 0.410 e. The van der Waals surface area contributed by atoms with E-state index < -0.39 is 6.09 Å². The van der Waals surface area contributed by atoms with Crippen molar-refractivity contribution in [3.05, 3.63) is 23.8 Å². The molecule has 0 bridgehead atoms. The van der Waals surface area contributed by atoms with Crippen LogP contribution in [0.3, 0.4) is 0 Å². The number of amides is 2. The lowest BCUT2D eigenvalue weighted by atomic mass is 9.96. The molecule has 1 aromatic rings. The molecule has 2 heterocycles. The van der Waals surface area contributed by atoms with Gasteiger partial charge in [-0.15, -0.1) is 0 Å². The summed E-state index contributed by atoms with van der Waals surface area (Å²) in [6, 6.07) is 5.81. The number of cyclic esters (lactones) is 1. The first-order valence-electron chi connectivity index (χ1n) is 7.64. The predicted molar refractivity (Wildman–Crippen MR) is 81.6 cm³/mol. The molecule has 1 saturated heterocycles. The summed E-state index contributed by atoms with van der Waals surface area (Å²) in [6.07, 6.45) is 0.389. The molecule has 2 amide bonds. The fourth-order valence-corrected chi connectivity index (χ4v) is 2.81. The van der Waals surface area contributed by atoms with Gasteiger partial charge in [-0.2, -0.15) is 0 Å². The van der Waals surface area contributed by atoms with E-state index in [1.807, 2.05) is 18.2 Å². The highest BCUT2D eigenvalue weighted by atomic mass is 16.6. The van der Waals surface area contributed by atoms with E-state index in [0.717, 1.165) is 23.5 Å². The number of para-hydroxylation sites is 1. The van der Waals surface area contributed by atoms with Gasteiger partial charge in [-0.05, 0) is 18.1 Å². The van der Waals surface area contributed by atoms with E-state index in [1.54, 1.807) is 7.11 Å². The maximum absolute atomic E-state index is 11.9. The molecule has 0 radical (unpaired) electrons. The van der Waals surface area contributed by atoms with Crippen molar-refractivity contribution in [2.75, 3.05) is 40.0 Å². The molecule has 7 heteroatoms. The molecule has 1 N–H and O–H groups in total. The van der Waals surface area contributed by atoms with Gasteiger partial charge in [-0.25, -0.2) is 4.79 Å². The minimum Gasteiger partial charge on any atom is -0.493 e. The van der Waals surface area contributed by atoms with E-state index in [9.17, 15) is 9.59 Å². The highest BCUT2D eigenvalue weighted by Gasteiger charge is 2.26. The summed E-state index contributed by atoms with van der Waals surface area (Å²) in [5.41, 5.74) is 1.08. The Morgan fingerprint density at radius 3 is 3.04 bits per heavy atom. The van der Waals surface area contributed by atoms with Crippen LogP contribution >= 0.6 is 0 Å². The van der Waals surface area contributed by atoms with Gasteiger partial charge in [0.15, 0.2) is 11.5 Å². The molecule has 3 rings (SSSR count). The number of ether oxygens (including phenoxy) is 3. The summed E-state index contributed by atoms with van der Waals surface area (Å²) in [6.45, 7) is 1.89. The van der Waals surface area contributed by atoms with Crippen LogP contribution in [-0.2, 0) is 16.0 Å². The minimum absolute atomic E-state index is 0.0385. The molecule has 124 valence electrons. The lowest BCUT2D eigenvalue weighted by Crippen LogP contribution is -2.41. The zero-order valence-electron chi connectivity index (χ0n) is 13.0. The van der Waals surface area contributed by atoms with E-state index in [4.69, 9.17) is 14.2 Å². The maximum atomic E-state index is 11.9. The number of nitrogens with one attached hydrogen (secondary N) is 1. The third kappa shape index (κ3) is 3.49. The fourth-order valence-electron chi connectivity index (χ4n) is 2.81. The van der Waals surface area contributed by atoms with Crippen LogP contribution < -0.4 is 14.8 Å². The molecule has 0 saturated carbocycles. The molecule has 0 spiro atoms. The Labute approximate surface area is 134 Å². The van der Waals surface area contributed by atoms with Crippen LogP contribution in [0.15, 0.2) is 18.2 Å². The summed E-state index contributed by atoms with van der Waals surface area (Å²) in [5, 5.41) is 2.86. The lowest BCUT2D eigenvalue weighted by molar-refractivity contribution is -0.121. The quantitative estimate of drug-likeness (QED) is 0.869. The van der Waals surface area contributed by atoms with Crippen LogP contribution in [0, 0.1) is 5.92 Å². The molecule has 0 aromatic heterocycles. The molecule has 1 atom stereocenters. The van der Waals surface area contributed by atoms with E-state index >= 15 is 0 Å². The Hall–Kier alpha value is -2.44. The van der Waals surface area contributed by atoms with Crippen molar-refractivity contribution in [3.8, 4) is 11.5 Å². The number of hydrogen-bond acceptors (Lipinski definition) is 5. The third-order valence-electron chi connectivity index (χ3n) is 4.02. The van der Waals surface area contributed by atoms with Crippen LogP contribution in [0.2, 0.25) is 0 Å². The third-order valence-corrected chi connectivity index (χ3v) is 4.02. The summed E-state index contributed by atoms with van der Waals surface area (Å²) in [4.78, 5) is 24.6. The lowest BCUT2D eigenvalue weighted by Gasteiger charge is -2.26. The number of methoxy groups -OCH3 is 1. The van der Waals surface area contributed by atoms with Gasteiger partial charge in [-0.1, -0.05) is 12.1 Å². The second-order valence-corrected chi connectivity index (χ2v) is 5.67. The first-order chi connectivity index (χ1) is 11.2. The minimum atomic E-state index is -0.429. The van der Waals surface area contributed by atoms with Crippen LogP contribution in [0.4, 0.5) is 4.79 Å². The highest BCUT2D eigenvalue weighted by Crippen LogP contribution is 2.35. The molecule has 2 aliphatic heterocycles. The predicted octanol–water partition coefficient (Wildman–Crippen LogP) is 0.815. The van der Waals surface area contributed by atoms with Gasteiger partial charge < -0.3 is 19.5 Å². The van der Waals surface area contributed by atoms with E-state index in [1.165, 1.54) is 4.90 Å². The summed E-state index contributed by atoms with van der Waals surface area (Å²) >= 11 is 0. The van der Waals surface area contributed by atoms with Crippen LogP contribution in [-0.4, -0.2) is 56.9 Å². The second kappa shape index (κ2) is 6.76. The van der Waals surface area contributed by atoms with Gasteiger partial charge in [0, 0.05) is 12.5 Å². The molecule has 0 unspecified atom stereocenters. The molecule has 7 nitrogen and oxygen atoms in total. The topological polar surface area (TPSA) is 77.1 Å². The molecule has 1 aromatic carbocycles. The molecule has 0 aliphatic carbocycles. The Bertz CT molecular complexity index is 604. The summed E-state index contributed by atoms with van der Waals surface area (Å²) in [7, 11) is 1.62. The number of fused-ring (bicyclic) bond motifs is 1. The van der Waals surface area contributed by atoms with Gasteiger partial charge in [0.1, 0.15) is 13.2 Å². The Morgan fingerprint density at radius 1 is 1.43 bits per heavy atom. The largest absolute Gasteiger partial charge is 0.493 e. The first-order valence-corrected chi connectivity index (χ1v) is 7.64. The smallest absolute Gasteiger partial charge is 0.410 e. The zero-order valence-corrected chi connectivity index (χ0v) is 13.0. The van der Waals surface area contributed by atoms with Gasteiger partial charge in [-0.3, -0.25) is 9.69 Å². The number of carbonyl (C=O) groups is 2. The van der Waals surface area contributed by atoms with Crippen molar-refractivity contribution in [2.24, 2.45) is 5.92 Å². The standard InChI is InChI=1S/C16H20N2O5/c1-21-13-4-2-3-12-7-11(10-23-15(12)13)8-17-14(19)9-18-5-6-22-16(18)20/h2-4,11H,5-10H2,1H3,(H,17,19)/t11-/m0/s1. The van der Waals surface area contributed by atoms with E-state index in [-0.39, 0.29) is 18.4 Å². The number of hydrogen-bond donors (Lipinski definition) is 1. The Kier molecular flexibility index (Phi) is 4.55. The van der Waals surface area contributed by atoms with Crippen LogP contribution in [0.5, 0.6) is 11.5 Å². The normalized spacial score (nSPS) is 19.6. The average Bonchev–Trinajstić information content (AvgIpc) is 2.97. The van der Waals surface area contributed by atoms with Gasteiger partial charge in [0.25, 0.3) is 0 Å². The zero-order chi connectivity index (χ0) is 16.2. The summed E-state index contributed by atoms with van der Waals surface area (Å²) in [5.74, 6) is 1.54. The molecule has 2 aliphatic rings. The van der Waals surface area contributed by atoms with Crippen molar-refractivity contribution >= 4 is 12.0 Å². The average molecular weight is 320 g/mol. The van der Waals surface area contributed by atoms with Crippen molar-refractivity contribution < 1.29 is 23.8 Å². The van der Waals surface area contributed by atoms with Crippen molar-refractivity contribution in [1.29, 1.82) is 0 Å². The van der Waals surface area contributed by atoms with E-state index in [2.05, 4.69) is 5.32 Å². The molecular weight excluding hydrogens is 300 g/mol. The Balaban J connectivity index is 1.50.